The lowest BCUT2D eigenvalue weighted by Crippen LogP contribution is -2.44. The van der Waals surface area contributed by atoms with Gasteiger partial charge in [0.15, 0.2) is 5.78 Å². The Balaban J connectivity index is 1.76. The van der Waals surface area contributed by atoms with Crippen LogP contribution in [-0.4, -0.2) is 35.0 Å². The Morgan fingerprint density at radius 1 is 0.756 bits per heavy atom. The van der Waals surface area contributed by atoms with Crippen LogP contribution in [0.4, 0.5) is 10.5 Å². The maximum Gasteiger partial charge on any atom is 0.421 e. The highest BCUT2D eigenvalue weighted by Gasteiger charge is 2.54. The van der Waals surface area contributed by atoms with Crippen LogP contribution in [0.25, 0.3) is 0 Å². The summed E-state index contributed by atoms with van der Waals surface area (Å²) in [6, 6.07) is 19.5. The Bertz CT molecular complexity index is 1530. The van der Waals surface area contributed by atoms with Gasteiger partial charge in [-0.15, -0.1) is 0 Å². The highest BCUT2D eigenvalue weighted by Crippen LogP contribution is 2.53. The number of amides is 2. The van der Waals surface area contributed by atoms with Gasteiger partial charge in [-0.05, 0) is 64.8 Å². The lowest BCUT2D eigenvalue weighted by Gasteiger charge is -2.36. The number of carbonyl (C=O) groups is 4. The van der Waals surface area contributed by atoms with Crippen molar-refractivity contribution < 1.29 is 28.7 Å². The molecular weight excluding hydrogens is 586 g/mol. The van der Waals surface area contributed by atoms with Crippen molar-refractivity contribution >= 4 is 45.4 Å². The molecule has 0 saturated carbocycles. The number of imide groups is 1. The number of nitrogens with zero attached hydrogens (tertiary/aromatic N) is 1. The van der Waals surface area contributed by atoms with Gasteiger partial charge in [-0.2, -0.15) is 0 Å². The van der Waals surface area contributed by atoms with Crippen LogP contribution < -0.4 is 4.90 Å². The van der Waals surface area contributed by atoms with Gasteiger partial charge >= 0.3 is 12.1 Å². The fourth-order valence-corrected chi connectivity index (χ4v) is 6.33. The summed E-state index contributed by atoms with van der Waals surface area (Å²) >= 11 is 3.59. The third-order valence-corrected chi connectivity index (χ3v) is 7.81. The van der Waals surface area contributed by atoms with Gasteiger partial charge in [0.25, 0.3) is 0 Å². The van der Waals surface area contributed by atoms with Crippen LogP contribution in [0.3, 0.4) is 0 Å². The zero-order valence-electron chi connectivity index (χ0n) is 23.9. The predicted molar refractivity (Wildman–Crippen MR) is 158 cm³/mol. The monoisotopic (exact) mass is 617 g/mol. The number of hydrogen-bond donors (Lipinski definition) is 0. The van der Waals surface area contributed by atoms with Crippen LogP contribution in [0.5, 0.6) is 0 Å². The molecule has 3 aromatic carbocycles. The van der Waals surface area contributed by atoms with E-state index < -0.39 is 46.9 Å². The van der Waals surface area contributed by atoms with Gasteiger partial charge in [0.05, 0.1) is 17.5 Å². The first kappa shape index (κ1) is 28.7. The largest absolute Gasteiger partial charge is 0.460 e. The van der Waals surface area contributed by atoms with Gasteiger partial charge < -0.3 is 9.47 Å². The fourth-order valence-electron chi connectivity index (χ4n) is 5.72. The van der Waals surface area contributed by atoms with Crippen LogP contribution in [0.2, 0.25) is 0 Å². The second-order valence-corrected chi connectivity index (χ2v) is 13.2. The van der Waals surface area contributed by atoms with Crippen molar-refractivity contribution in [2.45, 2.75) is 64.6 Å². The van der Waals surface area contributed by atoms with Crippen LogP contribution in [-0.2, 0) is 19.1 Å². The standard InChI is InChI=1S/C33H32BrNO6/c1-32(2,3)40-30(38)27(24-18-12-7-9-14-20(18)28(36)21-15-10-8-13-19(21)24)26-25-22(34)16-11-17-23(25)35(29(26)37)31(39)41-33(4,5)6/h7-17,24,26-27H,1-6H3/t26-,27-/m0/s1. The Labute approximate surface area is 248 Å². The Hall–Kier alpha value is -3.78. The number of fused-ring (bicyclic) bond motifs is 3. The van der Waals surface area contributed by atoms with Crippen LogP contribution in [0, 0.1) is 5.92 Å². The third-order valence-electron chi connectivity index (χ3n) is 7.12. The molecule has 3 aromatic rings. The number of benzene rings is 3. The zero-order chi connectivity index (χ0) is 29.9. The number of anilines is 1. The van der Waals surface area contributed by atoms with Gasteiger partial charge in [-0.1, -0.05) is 70.5 Å². The minimum Gasteiger partial charge on any atom is -0.460 e. The van der Waals surface area contributed by atoms with E-state index >= 15 is 0 Å². The molecule has 1 heterocycles. The van der Waals surface area contributed by atoms with Crippen molar-refractivity contribution in [3.8, 4) is 0 Å². The van der Waals surface area contributed by atoms with E-state index in [1.807, 2.05) is 24.3 Å². The summed E-state index contributed by atoms with van der Waals surface area (Å²) in [4.78, 5) is 56.7. The molecule has 5 rings (SSSR count). The summed E-state index contributed by atoms with van der Waals surface area (Å²) in [5.41, 5.74) is 1.30. The molecule has 2 atom stereocenters. The van der Waals surface area contributed by atoms with Crippen LogP contribution in [0.15, 0.2) is 71.2 Å². The maximum atomic E-state index is 14.4. The first-order valence-corrected chi connectivity index (χ1v) is 14.3. The van der Waals surface area contributed by atoms with E-state index in [0.717, 1.165) is 4.90 Å². The van der Waals surface area contributed by atoms with E-state index in [4.69, 9.17) is 9.47 Å². The molecule has 0 fully saturated rings. The maximum absolute atomic E-state index is 14.4. The molecule has 7 nitrogen and oxygen atoms in total. The minimum atomic E-state index is -1.11. The van der Waals surface area contributed by atoms with Crippen molar-refractivity contribution in [3.05, 3.63) is 99.0 Å². The summed E-state index contributed by atoms with van der Waals surface area (Å²) < 4.78 is 12.2. The summed E-state index contributed by atoms with van der Waals surface area (Å²) in [5.74, 6) is -4.27. The number of carbonyl (C=O) groups excluding carboxylic acids is 4. The van der Waals surface area contributed by atoms with Gasteiger partial charge in [0.2, 0.25) is 5.91 Å². The molecule has 41 heavy (non-hydrogen) atoms. The van der Waals surface area contributed by atoms with E-state index in [-0.39, 0.29) is 5.78 Å². The van der Waals surface area contributed by atoms with Crippen molar-refractivity contribution in [3.63, 3.8) is 0 Å². The number of rotatable bonds is 3. The highest BCUT2D eigenvalue weighted by molar-refractivity contribution is 9.10. The normalized spacial score (nSPS) is 17.4. The number of esters is 1. The van der Waals surface area contributed by atoms with Gasteiger partial charge in [0, 0.05) is 27.1 Å². The van der Waals surface area contributed by atoms with Crippen molar-refractivity contribution in [1.82, 2.24) is 0 Å². The summed E-state index contributed by atoms with van der Waals surface area (Å²) in [7, 11) is 0. The lowest BCUT2D eigenvalue weighted by atomic mass is 9.67. The Kier molecular flexibility index (Phi) is 7.18. The molecule has 212 valence electrons. The fraction of sp³-hybridized carbons (Fsp3) is 0.333. The summed E-state index contributed by atoms with van der Waals surface area (Å²) in [6.07, 6.45) is -0.827. The molecular formula is C33H32BrNO6. The zero-order valence-corrected chi connectivity index (χ0v) is 25.4. The molecule has 1 aliphatic heterocycles. The number of hydrogen-bond acceptors (Lipinski definition) is 6. The average molecular weight is 619 g/mol. The smallest absolute Gasteiger partial charge is 0.421 e. The number of ketones is 1. The lowest BCUT2D eigenvalue weighted by molar-refractivity contribution is -0.162. The topological polar surface area (TPSA) is 90.0 Å². The highest BCUT2D eigenvalue weighted by atomic mass is 79.9. The van der Waals surface area contributed by atoms with Crippen molar-refractivity contribution in [2.75, 3.05) is 4.90 Å². The Morgan fingerprint density at radius 2 is 1.29 bits per heavy atom. The van der Waals surface area contributed by atoms with E-state index in [9.17, 15) is 19.2 Å². The minimum absolute atomic E-state index is 0.148. The number of ether oxygens (including phenoxy) is 2. The second-order valence-electron chi connectivity index (χ2n) is 12.3. The molecule has 2 amide bonds. The van der Waals surface area contributed by atoms with E-state index in [1.165, 1.54) is 0 Å². The average Bonchev–Trinajstić information content (AvgIpc) is 3.17. The van der Waals surface area contributed by atoms with E-state index in [2.05, 4.69) is 15.9 Å². The first-order valence-electron chi connectivity index (χ1n) is 13.5. The molecule has 0 radical (unpaired) electrons. The number of halogens is 1. The van der Waals surface area contributed by atoms with Gasteiger partial charge in [-0.25, -0.2) is 9.69 Å². The molecule has 8 heteroatoms. The molecule has 0 aromatic heterocycles. The molecule has 0 bridgehead atoms. The van der Waals surface area contributed by atoms with Crippen molar-refractivity contribution in [1.29, 1.82) is 0 Å². The van der Waals surface area contributed by atoms with Crippen LogP contribution in [0.1, 0.15) is 86.0 Å². The quantitative estimate of drug-likeness (QED) is 0.290. The SMILES string of the molecule is CC(C)(C)OC(=O)[C@@H](C1c2ccccc2C(=O)c2ccccc21)[C@H]1C(=O)N(C(=O)OC(C)(C)C)c2cccc(Br)c21. The van der Waals surface area contributed by atoms with Crippen molar-refractivity contribution in [2.24, 2.45) is 5.92 Å². The van der Waals surface area contributed by atoms with E-state index in [0.29, 0.717) is 38.0 Å². The summed E-state index contributed by atoms with van der Waals surface area (Å²) in [6.45, 7) is 10.5. The molecule has 0 unspecified atom stereocenters. The van der Waals surface area contributed by atoms with Gasteiger partial charge in [-0.3, -0.25) is 14.4 Å². The Morgan fingerprint density at radius 3 is 1.83 bits per heavy atom. The van der Waals surface area contributed by atoms with Crippen LogP contribution >= 0.6 is 15.9 Å². The molecule has 0 N–H and O–H groups in total. The molecule has 2 aliphatic rings. The predicted octanol–water partition coefficient (Wildman–Crippen LogP) is 7.15. The second kappa shape index (κ2) is 10.2. The van der Waals surface area contributed by atoms with E-state index in [1.54, 1.807) is 84.0 Å². The molecule has 1 aliphatic carbocycles. The summed E-state index contributed by atoms with van der Waals surface area (Å²) in [5, 5.41) is 0. The van der Waals surface area contributed by atoms with Gasteiger partial charge in [0.1, 0.15) is 11.2 Å². The molecule has 0 saturated heterocycles. The third kappa shape index (κ3) is 5.21. The first-order chi connectivity index (χ1) is 19.2. The molecule has 0 spiro atoms.